The number of rotatable bonds is 3. The van der Waals surface area contributed by atoms with Gasteiger partial charge in [0, 0.05) is 6.42 Å². The number of alkyl carbamates (subject to hydrolysis) is 1. The largest absolute Gasteiger partial charge is 0.458 e. The number of carbonyl (C=O) groups is 2. The Balaban J connectivity index is 2.42. The summed E-state index contributed by atoms with van der Waals surface area (Å²) >= 11 is 0. The van der Waals surface area contributed by atoms with Crippen LogP contribution in [0.4, 0.5) is 4.79 Å². The maximum absolute atomic E-state index is 13.2. The van der Waals surface area contributed by atoms with E-state index in [2.05, 4.69) is 5.32 Å². The lowest BCUT2D eigenvalue weighted by molar-refractivity contribution is -0.166. The van der Waals surface area contributed by atoms with Crippen LogP contribution < -0.4 is 5.32 Å². The lowest BCUT2D eigenvalue weighted by Crippen LogP contribution is -2.59. The van der Waals surface area contributed by atoms with Gasteiger partial charge in [0.05, 0.1) is 6.61 Å². The lowest BCUT2D eigenvalue weighted by Gasteiger charge is -2.36. The molecule has 0 aromatic heterocycles. The van der Waals surface area contributed by atoms with Gasteiger partial charge in [-0.3, -0.25) is 0 Å². The second kappa shape index (κ2) is 7.50. The van der Waals surface area contributed by atoms with Crippen LogP contribution >= 0.6 is 0 Å². The molecule has 1 amide bonds. The molecule has 27 heavy (non-hydrogen) atoms. The molecule has 0 saturated carbocycles. The lowest BCUT2D eigenvalue weighted by atomic mass is 9.86. The van der Waals surface area contributed by atoms with Crippen molar-refractivity contribution in [3.8, 4) is 0 Å². The van der Waals surface area contributed by atoms with Gasteiger partial charge in [0.25, 0.3) is 0 Å². The Labute approximate surface area is 161 Å². The molecule has 1 saturated heterocycles. The fourth-order valence-electron chi connectivity index (χ4n) is 3.07. The van der Waals surface area contributed by atoms with Crippen LogP contribution in [0.1, 0.15) is 65.2 Å². The van der Waals surface area contributed by atoms with Crippen molar-refractivity contribution in [2.75, 3.05) is 6.61 Å². The maximum atomic E-state index is 13.2. The number of amides is 1. The first-order valence-electron chi connectivity index (χ1n) is 9.25. The minimum absolute atomic E-state index is 0.305. The summed E-state index contributed by atoms with van der Waals surface area (Å²) in [7, 11) is 0. The summed E-state index contributed by atoms with van der Waals surface area (Å²) in [4.78, 5) is 25.7. The quantitative estimate of drug-likeness (QED) is 0.804. The molecular weight excluding hydrogens is 346 g/mol. The molecule has 0 bridgehead atoms. The highest BCUT2D eigenvalue weighted by atomic mass is 16.6. The third kappa shape index (κ3) is 5.45. The van der Waals surface area contributed by atoms with Gasteiger partial charge in [0.15, 0.2) is 5.54 Å². The summed E-state index contributed by atoms with van der Waals surface area (Å²) in [6.07, 6.45) is -1.02. The van der Waals surface area contributed by atoms with E-state index in [-0.39, 0.29) is 0 Å². The van der Waals surface area contributed by atoms with Crippen molar-refractivity contribution in [2.45, 2.75) is 77.7 Å². The number of nitrogens with one attached hydrogen (secondary N) is 1. The van der Waals surface area contributed by atoms with Gasteiger partial charge >= 0.3 is 12.1 Å². The van der Waals surface area contributed by atoms with Crippen molar-refractivity contribution >= 4 is 12.1 Å². The highest BCUT2D eigenvalue weighted by molar-refractivity contribution is 5.87. The molecule has 1 aromatic carbocycles. The first-order valence-corrected chi connectivity index (χ1v) is 9.25. The average Bonchev–Trinajstić information content (AvgIpc) is 2.88. The Morgan fingerprint density at radius 3 is 2.30 bits per heavy atom. The number of aryl methyl sites for hydroxylation is 1. The van der Waals surface area contributed by atoms with Gasteiger partial charge < -0.3 is 19.5 Å². The van der Waals surface area contributed by atoms with E-state index in [4.69, 9.17) is 14.2 Å². The summed E-state index contributed by atoms with van der Waals surface area (Å²) in [6.45, 7) is 13.0. The summed E-state index contributed by atoms with van der Waals surface area (Å²) in [5.41, 5.74) is -0.867. The molecule has 0 radical (unpaired) electrons. The zero-order valence-electron chi connectivity index (χ0n) is 17.3. The molecule has 1 aliphatic heterocycles. The van der Waals surface area contributed by atoms with E-state index >= 15 is 0 Å². The van der Waals surface area contributed by atoms with Crippen LogP contribution in [-0.4, -0.2) is 35.4 Å². The highest BCUT2D eigenvalue weighted by Crippen LogP contribution is 2.40. The second-order valence-electron chi connectivity index (χ2n) is 9.02. The normalized spacial score (nSPS) is 23.0. The van der Waals surface area contributed by atoms with Crippen LogP contribution in [0.5, 0.6) is 0 Å². The Bertz CT molecular complexity index is 701. The third-order valence-electron chi connectivity index (χ3n) is 4.06. The number of carbonyl (C=O) groups excluding carboxylic acids is 2. The van der Waals surface area contributed by atoms with E-state index in [1.807, 2.05) is 31.2 Å². The molecule has 2 rings (SSSR count). The molecule has 0 unspecified atom stereocenters. The van der Waals surface area contributed by atoms with E-state index < -0.39 is 34.9 Å². The van der Waals surface area contributed by atoms with Crippen molar-refractivity contribution in [1.29, 1.82) is 0 Å². The van der Waals surface area contributed by atoms with Gasteiger partial charge in [-0.15, -0.1) is 0 Å². The van der Waals surface area contributed by atoms with Crippen molar-refractivity contribution < 1.29 is 23.8 Å². The summed E-state index contributed by atoms with van der Waals surface area (Å²) in [5, 5.41) is 2.78. The molecule has 1 aliphatic rings. The van der Waals surface area contributed by atoms with E-state index in [9.17, 15) is 9.59 Å². The Hall–Kier alpha value is -2.08. The fourth-order valence-corrected chi connectivity index (χ4v) is 3.07. The fraction of sp³-hybridized carbons (Fsp3) is 0.619. The zero-order valence-corrected chi connectivity index (χ0v) is 17.3. The minimum atomic E-state index is -1.34. The topological polar surface area (TPSA) is 73.9 Å². The Morgan fingerprint density at radius 2 is 1.74 bits per heavy atom. The van der Waals surface area contributed by atoms with Gasteiger partial charge in [0.1, 0.15) is 17.3 Å². The minimum Gasteiger partial charge on any atom is -0.458 e. The zero-order chi connectivity index (χ0) is 20.5. The number of hydrogen-bond acceptors (Lipinski definition) is 5. The summed E-state index contributed by atoms with van der Waals surface area (Å²) in [6, 6.07) is 7.71. The molecule has 6 nitrogen and oxygen atoms in total. The van der Waals surface area contributed by atoms with Crippen LogP contribution in [0.2, 0.25) is 0 Å². The van der Waals surface area contributed by atoms with E-state index in [0.717, 1.165) is 11.1 Å². The van der Waals surface area contributed by atoms with E-state index in [1.165, 1.54) is 0 Å². The van der Waals surface area contributed by atoms with Gasteiger partial charge in [-0.2, -0.15) is 0 Å². The van der Waals surface area contributed by atoms with E-state index in [0.29, 0.717) is 13.0 Å². The van der Waals surface area contributed by atoms with Gasteiger partial charge in [-0.25, -0.2) is 9.59 Å². The highest BCUT2D eigenvalue weighted by Gasteiger charge is 2.55. The van der Waals surface area contributed by atoms with Crippen LogP contribution in [0.3, 0.4) is 0 Å². The number of esters is 1. The molecule has 0 aliphatic carbocycles. The molecule has 1 fully saturated rings. The monoisotopic (exact) mass is 377 g/mol. The molecular formula is C21H31NO5. The smallest absolute Gasteiger partial charge is 0.408 e. The van der Waals surface area contributed by atoms with Crippen LogP contribution in [-0.2, 0) is 19.0 Å². The molecule has 1 heterocycles. The Kier molecular flexibility index (Phi) is 5.90. The molecule has 150 valence electrons. The first kappa shape index (κ1) is 21.2. The molecule has 1 aromatic rings. The molecule has 6 heteroatoms. The van der Waals surface area contributed by atoms with Crippen molar-refractivity contribution in [1.82, 2.24) is 5.32 Å². The summed E-state index contributed by atoms with van der Waals surface area (Å²) < 4.78 is 17.0. The predicted octanol–water partition coefficient (Wildman–Crippen LogP) is 4.06. The van der Waals surface area contributed by atoms with Crippen LogP contribution in [0, 0.1) is 6.92 Å². The number of benzene rings is 1. The molecule has 2 atom stereocenters. The first-order chi connectivity index (χ1) is 12.3. The summed E-state index contributed by atoms with van der Waals surface area (Å²) in [5.74, 6) is -0.523. The van der Waals surface area contributed by atoms with Crippen LogP contribution in [0.25, 0.3) is 0 Å². The van der Waals surface area contributed by atoms with E-state index in [1.54, 1.807) is 41.5 Å². The average molecular weight is 377 g/mol. The van der Waals surface area contributed by atoms with Crippen molar-refractivity contribution in [2.24, 2.45) is 0 Å². The Morgan fingerprint density at radius 1 is 1.11 bits per heavy atom. The maximum Gasteiger partial charge on any atom is 0.408 e. The molecule has 1 N–H and O–H groups in total. The SMILES string of the molecule is Cc1cccc([C@H]2OCC[C@@]2(NC(=O)OC(C)(C)C)C(=O)OC(C)(C)C)c1. The van der Waals surface area contributed by atoms with Gasteiger partial charge in [-0.05, 0) is 54.0 Å². The second-order valence-corrected chi connectivity index (χ2v) is 9.02. The van der Waals surface area contributed by atoms with Crippen molar-refractivity contribution in [3.63, 3.8) is 0 Å². The van der Waals surface area contributed by atoms with Gasteiger partial charge in [0.2, 0.25) is 0 Å². The predicted molar refractivity (Wildman–Crippen MR) is 102 cm³/mol. The van der Waals surface area contributed by atoms with Gasteiger partial charge in [-0.1, -0.05) is 29.8 Å². The number of hydrogen-bond donors (Lipinski definition) is 1. The van der Waals surface area contributed by atoms with Crippen molar-refractivity contribution in [3.05, 3.63) is 35.4 Å². The standard InChI is InChI=1S/C21H31NO5/c1-14-9-8-10-15(13-14)16-21(11-12-25-16,17(23)26-19(2,3)4)22-18(24)27-20(5,6)7/h8-10,13,16H,11-12H2,1-7H3,(H,22,24)/t16-,21+/m1/s1. The van der Waals surface area contributed by atoms with Crippen LogP contribution in [0.15, 0.2) is 24.3 Å². The number of ether oxygens (including phenoxy) is 3. The molecule has 0 spiro atoms. The third-order valence-corrected chi connectivity index (χ3v) is 4.06.